The number of hydrogen-bond donors (Lipinski definition) is 1. The molecule has 1 aromatic heterocycles. The summed E-state index contributed by atoms with van der Waals surface area (Å²) >= 11 is 1.65. The highest BCUT2D eigenvalue weighted by Gasteiger charge is 2.21. The number of piperazine rings is 1. The molecule has 0 aliphatic carbocycles. The third-order valence-electron chi connectivity index (χ3n) is 3.45. The monoisotopic (exact) mass is 269 g/mol. The van der Waals surface area contributed by atoms with Gasteiger partial charge in [0.15, 0.2) is 0 Å². The lowest BCUT2D eigenvalue weighted by atomic mass is 10.1. The third kappa shape index (κ3) is 3.51. The fourth-order valence-corrected chi connectivity index (χ4v) is 3.12. The highest BCUT2D eigenvalue weighted by atomic mass is 32.1. The van der Waals surface area contributed by atoms with Crippen LogP contribution in [0.3, 0.4) is 0 Å². The van der Waals surface area contributed by atoms with Crippen molar-refractivity contribution in [1.29, 1.82) is 0 Å². The van der Waals surface area contributed by atoms with E-state index in [1.54, 1.807) is 25.2 Å². The molecule has 1 aliphatic heterocycles. The Labute approximate surface area is 113 Å². The van der Waals surface area contributed by atoms with Crippen LogP contribution in [-0.2, 0) is 12.1 Å². The van der Waals surface area contributed by atoms with Gasteiger partial charge in [-0.2, -0.15) is 0 Å². The van der Waals surface area contributed by atoms with Gasteiger partial charge < -0.3 is 10.0 Å². The summed E-state index contributed by atoms with van der Waals surface area (Å²) in [6, 6.07) is 0. The first kappa shape index (κ1) is 13.9. The first-order chi connectivity index (χ1) is 8.49. The molecule has 0 radical (unpaired) electrons. The summed E-state index contributed by atoms with van der Waals surface area (Å²) < 4.78 is 0. The first-order valence-electron chi connectivity index (χ1n) is 6.61. The Morgan fingerprint density at radius 1 is 1.28 bits per heavy atom. The third-order valence-corrected chi connectivity index (χ3v) is 4.28. The Bertz CT molecular complexity index is 378. The van der Waals surface area contributed by atoms with Gasteiger partial charge in [0.1, 0.15) is 10.6 Å². The van der Waals surface area contributed by atoms with Crippen molar-refractivity contribution >= 4 is 11.3 Å². The van der Waals surface area contributed by atoms with Crippen molar-refractivity contribution in [2.45, 2.75) is 32.9 Å². The van der Waals surface area contributed by atoms with Crippen LogP contribution in [-0.4, -0.2) is 52.6 Å². The minimum absolute atomic E-state index is 0.787. The molecule has 1 fully saturated rings. The molecule has 1 aromatic rings. The van der Waals surface area contributed by atoms with Crippen molar-refractivity contribution in [2.24, 2.45) is 0 Å². The normalized spacial score (nSPS) is 19.3. The maximum atomic E-state index is 9.90. The molecule has 1 aliphatic rings. The molecule has 0 aromatic carbocycles. The lowest BCUT2D eigenvalue weighted by Gasteiger charge is -2.33. The van der Waals surface area contributed by atoms with E-state index in [1.807, 2.05) is 5.38 Å². The Morgan fingerprint density at radius 3 is 2.39 bits per heavy atom. The summed E-state index contributed by atoms with van der Waals surface area (Å²) in [7, 11) is 0. The van der Waals surface area contributed by atoms with E-state index in [-0.39, 0.29) is 0 Å². The lowest BCUT2D eigenvalue weighted by molar-refractivity contribution is 0.0740. The molecular formula is C13H23N3OS. The van der Waals surface area contributed by atoms with E-state index in [2.05, 4.69) is 21.7 Å². The van der Waals surface area contributed by atoms with E-state index in [0.717, 1.165) is 50.0 Å². The molecule has 0 amide bonds. The van der Waals surface area contributed by atoms with Gasteiger partial charge in [-0.05, 0) is 20.4 Å². The average Bonchev–Trinajstić information content (AvgIpc) is 2.78. The molecule has 0 atom stereocenters. The number of rotatable bonds is 4. The summed E-state index contributed by atoms with van der Waals surface area (Å²) in [5, 5.41) is 13.0. The van der Waals surface area contributed by atoms with E-state index in [9.17, 15) is 5.11 Å². The van der Waals surface area contributed by atoms with Crippen molar-refractivity contribution in [3.63, 3.8) is 0 Å². The molecule has 1 saturated heterocycles. The van der Waals surface area contributed by atoms with Crippen LogP contribution in [0.1, 0.15) is 31.5 Å². The van der Waals surface area contributed by atoms with Crippen molar-refractivity contribution in [3.8, 4) is 0 Å². The maximum absolute atomic E-state index is 9.90. The van der Waals surface area contributed by atoms with Crippen LogP contribution in [0.25, 0.3) is 0 Å². The van der Waals surface area contributed by atoms with Crippen LogP contribution in [0, 0.1) is 0 Å². The van der Waals surface area contributed by atoms with E-state index in [4.69, 9.17) is 0 Å². The second-order valence-corrected chi connectivity index (χ2v) is 6.34. The van der Waals surface area contributed by atoms with Crippen molar-refractivity contribution in [2.75, 3.05) is 32.7 Å². The van der Waals surface area contributed by atoms with Crippen LogP contribution in [0.15, 0.2) is 5.38 Å². The molecule has 5 heteroatoms. The van der Waals surface area contributed by atoms with E-state index < -0.39 is 5.60 Å². The van der Waals surface area contributed by atoms with Gasteiger partial charge in [0.25, 0.3) is 0 Å². The predicted molar refractivity (Wildman–Crippen MR) is 74.7 cm³/mol. The number of hydrogen-bond acceptors (Lipinski definition) is 5. The number of nitrogens with zero attached hydrogens (tertiary/aromatic N) is 3. The standard InChI is InChI=1S/C13H23N3OS/c1-4-15-5-7-16(8-6-15)9-12-14-11(10-18-12)13(2,3)17/h10,17H,4-9H2,1-3H3. The molecule has 102 valence electrons. The van der Waals surface area contributed by atoms with Crippen LogP contribution in [0.2, 0.25) is 0 Å². The van der Waals surface area contributed by atoms with Crippen LogP contribution < -0.4 is 0 Å². The number of thiazole rings is 1. The lowest BCUT2D eigenvalue weighted by Crippen LogP contribution is -2.45. The van der Waals surface area contributed by atoms with Crippen molar-refractivity contribution in [1.82, 2.24) is 14.8 Å². The molecule has 0 saturated carbocycles. The fraction of sp³-hybridized carbons (Fsp3) is 0.769. The van der Waals surface area contributed by atoms with Gasteiger partial charge in [-0.25, -0.2) is 4.98 Å². The number of aliphatic hydroxyl groups is 1. The molecule has 2 rings (SSSR count). The van der Waals surface area contributed by atoms with Crippen LogP contribution in [0.5, 0.6) is 0 Å². The van der Waals surface area contributed by atoms with Crippen LogP contribution in [0.4, 0.5) is 0 Å². The van der Waals surface area contributed by atoms with Gasteiger partial charge in [0, 0.05) is 31.6 Å². The van der Waals surface area contributed by atoms with Gasteiger partial charge >= 0.3 is 0 Å². The van der Waals surface area contributed by atoms with Gasteiger partial charge in [0.2, 0.25) is 0 Å². The smallest absolute Gasteiger partial charge is 0.107 e. The molecule has 4 nitrogen and oxygen atoms in total. The molecule has 18 heavy (non-hydrogen) atoms. The minimum Gasteiger partial charge on any atom is -0.384 e. The zero-order chi connectivity index (χ0) is 13.2. The zero-order valence-electron chi connectivity index (χ0n) is 11.5. The highest BCUT2D eigenvalue weighted by molar-refractivity contribution is 7.09. The van der Waals surface area contributed by atoms with Crippen molar-refractivity contribution in [3.05, 3.63) is 16.1 Å². The number of aromatic nitrogens is 1. The molecular weight excluding hydrogens is 246 g/mol. The van der Waals surface area contributed by atoms with E-state index in [0.29, 0.717) is 0 Å². The summed E-state index contributed by atoms with van der Waals surface area (Å²) in [5.41, 5.74) is -0.0370. The van der Waals surface area contributed by atoms with Crippen LogP contribution >= 0.6 is 11.3 Å². The van der Waals surface area contributed by atoms with Gasteiger partial charge in [0.05, 0.1) is 12.2 Å². The largest absolute Gasteiger partial charge is 0.384 e. The Morgan fingerprint density at radius 2 is 1.89 bits per heavy atom. The van der Waals surface area contributed by atoms with E-state index in [1.165, 1.54) is 0 Å². The minimum atomic E-state index is -0.824. The SMILES string of the molecule is CCN1CCN(Cc2nc(C(C)(C)O)cs2)CC1. The summed E-state index contributed by atoms with van der Waals surface area (Å²) in [6.45, 7) is 12.4. The van der Waals surface area contributed by atoms with Gasteiger partial charge in [-0.1, -0.05) is 6.92 Å². The second kappa shape index (κ2) is 5.65. The highest BCUT2D eigenvalue weighted by Crippen LogP contribution is 2.22. The Kier molecular flexibility index (Phi) is 4.37. The van der Waals surface area contributed by atoms with Gasteiger partial charge in [-0.3, -0.25) is 4.90 Å². The topological polar surface area (TPSA) is 39.6 Å². The fourth-order valence-electron chi connectivity index (χ4n) is 2.12. The zero-order valence-corrected chi connectivity index (χ0v) is 12.3. The maximum Gasteiger partial charge on any atom is 0.107 e. The quantitative estimate of drug-likeness (QED) is 0.899. The molecule has 0 unspecified atom stereocenters. The molecule has 1 N–H and O–H groups in total. The van der Waals surface area contributed by atoms with Crippen molar-refractivity contribution < 1.29 is 5.11 Å². The van der Waals surface area contributed by atoms with E-state index >= 15 is 0 Å². The Hall–Kier alpha value is -0.490. The summed E-state index contributed by atoms with van der Waals surface area (Å²) in [4.78, 5) is 9.44. The first-order valence-corrected chi connectivity index (χ1v) is 7.49. The second-order valence-electron chi connectivity index (χ2n) is 5.40. The Balaban J connectivity index is 1.89. The molecule has 0 bridgehead atoms. The number of likely N-dealkylation sites (N-methyl/N-ethyl adjacent to an activating group) is 1. The molecule has 0 spiro atoms. The average molecular weight is 269 g/mol. The molecule has 2 heterocycles. The van der Waals surface area contributed by atoms with Gasteiger partial charge in [-0.15, -0.1) is 11.3 Å². The summed E-state index contributed by atoms with van der Waals surface area (Å²) in [5.74, 6) is 0. The summed E-state index contributed by atoms with van der Waals surface area (Å²) in [6.07, 6.45) is 0. The predicted octanol–water partition coefficient (Wildman–Crippen LogP) is 1.51.